The molecule has 326 valence electrons. The zero-order valence-electron chi connectivity index (χ0n) is 35.1. The van der Waals surface area contributed by atoms with Crippen LogP contribution in [0, 0.1) is 23.4 Å². The molecule has 4 atom stereocenters. The number of amides is 4. The van der Waals surface area contributed by atoms with Crippen LogP contribution in [-0.4, -0.2) is 98.5 Å². The van der Waals surface area contributed by atoms with E-state index in [1.54, 1.807) is 49.2 Å². The third-order valence-corrected chi connectivity index (χ3v) is 12.8. The topological polar surface area (TPSA) is 135 Å². The number of carbonyl (C=O) groups is 4. The molecule has 4 unspecified atom stereocenters. The van der Waals surface area contributed by atoms with Crippen LogP contribution in [0.5, 0.6) is 0 Å². The number of hydrogen-bond acceptors (Lipinski definition) is 8. The molecule has 2 saturated heterocycles. The van der Waals surface area contributed by atoms with Gasteiger partial charge in [-0.15, -0.1) is 0 Å². The number of piperazine rings is 1. The van der Waals surface area contributed by atoms with Gasteiger partial charge in [-0.25, -0.2) is 13.2 Å². The van der Waals surface area contributed by atoms with Gasteiger partial charge in [-0.1, -0.05) is 36.4 Å². The molecule has 12 nitrogen and oxygen atoms in total. The fourth-order valence-corrected chi connectivity index (χ4v) is 9.42. The van der Waals surface area contributed by atoms with Crippen molar-refractivity contribution in [2.24, 2.45) is 5.92 Å². The summed E-state index contributed by atoms with van der Waals surface area (Å²) in [6, 6.07) is 18.6. The van der Waals surface area contributed by atoms with Gasteiger partial charge in [0.2, 0.25) is 17.7 Å². The van der Waals surface area contributed by atoms with Gasteiger partial charge in [-0.3, -0.25) is 24.1 Å². The summed E-state index contributed by atoms with van der Waals surface area (Å²) < 4.78 is 49.0. The lowest BCUT2D eigenvalue weighted by Gasteiger charge is -2.34. The summed E-state index contributed by atoms with van der Waals surface area (Å²) in [5.41, 5.74) is 2.61. The minimum absolute atomic E-state index is 0.0515. The molecule has 62 heavy (non-hydrogen) atoms. The maximum Gasteiger partial charge on any atom is 0.252 e. The van der Waals surface area contributed by atoms with Crippen molar-refractivity contribution in [1.82, 2.24) is 20.4 Å². The van der Waals surface area contributed by atoms with Crippen LogP contribution in [-0.2, 0) is 42.3 Å². The van der Waals surface area contributed by atoms with Crippen molar-refractivity contribution in [3.63, 3.8) is 0 Å². The lowest BCUT2D eigenvalue weighted by Crippen LogP contribution is -2.53. The molecule has 4 aliphatic heterocycles. The Bertz CT molecular complexity index is 2340. The lowest BCUT2D eigenvalue weighted by atomic mass is 9.82. The van der Waals surface area contributed by atoms with Crippen molar-refractivity contribution in [2.75, 3.05) is 68.5 Å². The van der Waals surface area contributed by atoms with Crippen LogP contribution in [0.4, 0.5) is 30.2 Å². The molecule has 0 aliphatic carbocycles. The molecule has 2 fully saturated rings. The van der Waals surface area contributed by atoms with Gasteiger partial charge in [0, 0.05) is 63.4 Å². The van der Waals surface area contributed by atoms with Crippen LogP contribution in [0.1, 0.15) is 60.5 Å². The number of para-hydroxylation sites is 1. The quantitative estimate of drug-likeness (QED) is 0.161. The van der Waals surface area contributed by atoms with E-state index in [4.69, 9.17) is 4.74 Å². The van der Waals surface area contributed by atoms with E-state index in [-0.39, 0.29) is 49.2 Å². The standard InChI is InChI=1S/C47H52F3N7O5/c1-28-24-55(18-17-52-28)26-40(58)57-27-47(2,36-14-9-30(22-39(36)57)21-29-7-11-33(48)12-8-29)46(61)53-34-13-10-32-25-56(45(60)41(51-3)31-15-19-62-20-16-31)43(35(32)23-34)44(59)54-42-37(49)5-4-6-38(42)50/h4-14,22-23,28,31,41,43,51-52H,15-21,24-27H2,1-3H3,(H,53,61)(H,54,59). The Morgan fingerprint density at radius 2 is 1.65 bits per heavy atom. The molecule has 4 aromatic rings. The number of hydrogen-bond donors (Lipinski definition) is 4. The molecule has 4 heterocycles. The second-order valence-electron chi connectivity index (χ2n) is 17.1. The van der Waals surface area contributed by atoms with Gasteiger partial charge in [0.15, 0.2) is 0 Å². The molecule has 0 spiro atoms. The highest BCUT2D eigenvalue weighted by Crippen LogP contribution is 2.44. The summed E-state index contributed by atoms with van der Waals surface area (Å²) in [5.74, 6) is -4.01. The molecule has 0 radical (unpaired) electrons. The highest BCUT2D eigenvalue weighted by atomic mass is 19.1. The first-order valence-corrected chi connectivity index (χ1v) is 21.2. The fraction of sp³-hybridized carbons (Fsp3) is 0.404. The van der Waals surface area contributed by atoms with Crippen molar-refractivity contribution in [1.29, 1.82) is 0 Å². The van der Waals surface area contributed by atoms with Gasteiger partial charge < -0.3 is 35.8 Å². The SMILES string of the molecule is CNC(C(=O)N1Cc2ccc(NC(=O)C3(C)CN(C(=O)CN4CCNC(C)C4)c4cc(Cc5ccc(F)cc5)ccc43)cc2C1C(=O)Nc1c(F)cccc1F)C1CCOCC1. The Labute approximate surface area is 359 Å². The summed E-state index contributed by atoms with van der Waals surface area (Å²) in [6.07, 6.45) is 1.77. The molecule has 4 aromatic carbocycles. The van der Waals surface area contributed by atoms with Crippen molar-refractivity contribution >= 4 is 40.7 Å². The first-order valence-electron chi connectivity index (χ1n) is 21.2. The smallest absolute Gasteiger partial charge is 0.252 e. The van der Waals surface area contributed by atoms with Crippen LogP contribution >= 0.6 is 0 Å². The fourth-order valence-electron chi connectivity index (χ4n) is 9.42. The first-order chi connectivity index (χ1) is 29.8. The predicted molar refractivity (Wildman–Crippen MR) is 229 cm³/mol. The Balaban J connectivity index is 1.09. The molecule has 0 aromatic heterocycles. The van der Waals surface area contributed by atoms with Crippen molar-refractivity contribution in [2.45, 2.75) is 63.2 Å². The van der Waals surface area contributed by atoms with E-state index >= 15 is 0 Å². The summed E-state index contributed by atoms with van der Waals surface area (Å²) in [6.45, 7) is 7.33. The number of likely N-dealkylation sites (N-methyl/N-ethyl adjacent to an activating group) is 1. The van der Waals surface area contributed by atoms with Crippen LogP contribution in [0.15, 0.2) is 78.9 Å². The second-order valence-corrected chi connectivity index (χ2v) is 17.1. The number of ether oxygens (including phenoxy) is 1. The number of fused-ring (bicyclic) bond motifs is 2. The summed E-state index contributed by atoms with van der Waals surface area (Å²) in [5, 5.41) is 12.0. The molecule has 8 rings (SSSR count). The third kappa shape index (κ3) is 8.71. The monoisotopic (exact) mass is 851 g/mol. The number of anilines is 3. The largest absolute Gasteiger partial charge is 0.381 e. The van der Waals surface area contributed by atoms with Crippen molar-refractivity contribution in [3.05, 3.63) is 124 Å². The average molecular weight is 852 g/mol. The van der Waals surface area contributed by atoms with Gasteiger partial charge in [0.1, 0.15) is 29.2 Å². The van der Waals surface area contributed by atoms with Gasteiger partial charge >= 0.3 is 0 Å². The number of carbonyl (C=O) groups excluding carboxylic acids is 4. The van der Waals surface area contributed by atoms with Gasteiger partial charge in [0.05, 0.1) is 18.0 Å². The predicted octanol–water partition coefficient (Wildman–Crippen LogP) is 5.27. The molecule has 15 heteroatoms. The number of nitrogens with one attached hydrogen (secondary N) is 4. The van der Waals surface area contributed by atoms with E-state index in [0.29, 0.717) is 73.6 Å². The number of nitrogens with zero attached hydrogens (tertiary/aromatic N) is 3. The minimum atomic E-state index is -1.29. The Hall–Kier alpha value is -5.61. The lowest BCUT2D eigenvalue weighted by molar-refractivity contribution is -0.142. The normalized spacial score (nSPS) is 21.9. The molecule has 0 saturated carbocycles. The third-order valence-electron chi connectivity index (χ3n) is 12.8. The zero-order valence-corrected chi connectivity index (χ0v) is 35.1. The van der Waals surface area contributed by atoms with E-state index in [2.05, 4.69) is 33.1 Å². The highest BCUT2D eigenvalue weighted by molar-refractivity contribution is 6.07. The van der Waals surface area contributed by atoms with Crippen molar-refractivity contribution in [3.8, 4) is 0 Å². The Morgan fingerprint density at radius 3 is 2.35 bits per heavy atom. The molecule has 4 aliphatic rings. The number of halogens is 3. The Morgan fingerprint density at radius 1 is 0.919 bits per heavy atom. The molecule has 4 N–H and O–H groups in total. The number of benzene rings is 4. The van der Waals surface area contributed by atoms with Crippen LogP contribution in [0.3, 0.4) is 0 Å². The maximum absolute atomic E-state index is 14.9. The van der Waals surface area contributed by atoms with E-state index < -0.39 is 46.6 Å². The maximum atomic E-state index is 14.9. The number of rotatable bonds is 11. The highest BCUT2D eigenvalue weighted by Gasteiger charge is 2.48. The van der Waals surface area contributed by atoms with E-state index in [9.17, 15) is 32.3 Å². The zero-order chi connectivity index (χ0) is 43.7. The molecular formula is C47H52F3N7O5. The average Bonchev–Trinajstić information content (AvgIpc) is 3.79. The molecular weight excluding hydrogens is 800 g/mol. The van der Waals surface area contributed by atoms with Crippen LogP contribution in [0.25, 0.3) is 0 Å². The van der Waals surface area contributed by atoms with Gasteiger partial charge in [0.25, 0.3) is 5.91 Å². The molecule has 0 bridgehead atoms. The van der Waals surface area contributed by atoms with Crippen LogP contribution < -0.4 is 26.2 Å². The van der Waals surface area contributed by atoms with E-state index in [1.807, 2.05) is 18.2 Å². The summed E-state index contributed by atoms with van der Waals surface area (Å²) in [4.78, 5) is 62.6. The second kappa shape index (κ2) is 18.0. The molecule has 4 amide bonds. The minimum Gasteiger partial charge on any atom is -0.381 e. The van der Waals surface area contributed by atoms with Gasteiger partial charge in [-0.05, 0) is 116 Å². The van der Waals surface area contributed by atoms with Gasteiger partial charge in [-0.2, -0.15) is 0 Å². The van der Waals surface area contributed by atoms with Crippen molar-refractivity contribution < 1.29 is 37.1 Å². The summed E-state index contributed by atoms with van der Waals surface area (Å²) >= 11 is 0. The summed E-state index contributed by atoms with van der Waals surface area (Å²) in [7, 11) is 1.69. The van der Waals surface area contributed by atoms with E-state index in [0.717, 1.165) is 29.8 Å². The van der Waals surface area contributed by atoms with Crippen LogP contribution in [0.2, 0.25) is 0 Å². The Kier molecular flexibility index (Phi) is 12.5. The van der Waals surface area contributed by atoms with E-state index in [1.165, 1.54) is 23.1 Å². The first kappa shape index (κ1) is 43.1.